The molecule has 0 amide bonds. The summed E-state index contributed by atoms with van der Waals surface area (Å²) in [5.41, 5.74) is -1.64. The van der Waals surface area contributed by atoms with Gasteiger partial charge in [-0.1, -0.05) is 12.1 Å². The molecule has 1 fully saturated rings. The van der Waals surface area contributed by atoms with E-state index >= 15 is 0 Å². The summed E-state index contributed by atoms with van der Waals surface area (Å²) in [6.07, 6.45) is -3.98. The van der Waals surface area contributed by atoms with E-state index < -0.39 is 68.1 Å². The average Bonchev–Trinajstić information content (AvgIpc) is 2.98. The van der Waals surface area contributed by atoms with E-state index in [1.54, 1.807) is 32.9 Å². The second kappa shape index (κ2) is 13.4. The zero-order valence-electron chi connectivity index (χ0n) is 27.2. The molecule has 3 aromatic rings. The Labute approximate surface area is 280 Å². The molecular formula is C34H36F6N2O6S. The van der Waals surface area contributed by atoms with Gasteiger partial charge < -0.3 is 19.1 Å². The van der Waals surface area contributed by atoms with Crippen LogP contribution in [0.5, 0.6) is 5.75 Å². The summed E-state index contributed by atoms with van der Waals surface area (Å²) < 4.78 is 126. The number of halogens is 6. The Hall–Kier alpha value is -3.98. The van der Waals surface area contributed by atoms with E-state index in [1.165, 1.54) is 12.1 Å². The number of nitrogens with zero attached hydrogens (tertiary/aromatic N) is 2. The standard InChI is InChI=1S/C34H36F6N2O6S/c1-32(2,3)48-30(43)10-13-46-33(4)11-12-41-25(19-33)20-42(49(44,45)27-7-5-6-23(17-27)34(38,39)40)29-16-21(8-9-28(29)41)22-14-24(35)18-26(15-22)47-31(36)37/h5-9,14-18,25,31H,10-13,19-20H2,1-4H3/t25-,33+/m0/s1. The van der Waals surface area contributed by atoms with Crippen molar-refractivity contribution in [3.8, 4) is 16.9 Å². The van der Waals surface area contributed by atoms with Gasteiger partial charge in [-0.25, -0.2) is 12.8 Å². The first-order valence-corrected chi connectivity index (χ1v) is 16.9. The molecule has 5 rings (SSSR count). The van der Waals surface area contributed by atoms with Crippen molar-refractivity contribution in [2.45, 2.75) is 81.9 Å². The van der Waals surface area contributed by atoms with Crippen LogP contribution in [0.25, 0.3) is 11.1 Å². The van der Waals surface area contributed by atoms with Gasteiger partial charge in [0.05, 0.1) is 53.0 Å². The Morgan fingerprint density at radius 1 is 1.00 bits per heavy atom. The molecular weight excluding hydrogens is 678 g/mol. The molecule has 1 saturated heterocycles. The molecule has 0 saturated carbocycles. The lowest BCUT2D eigenvalue weighted by molar-refractivity contribution is -0.158. The van der Waals surface area contributed by atoms with Gasteiger partial charge in [-0.2, -0.15) is 22.0 Å². The first kappa shape index (κ1) is 36.3. The minimum atomic E-state index is -4.80. The van der Waals surface area contributed by atoms with Gasteiger partial charge >= 0.3 is 18.8 Å². The van der Waals surface area contributed by atoms with Gasteiger partial charge in [-0.3, -0.25) is 9.10 Å². The first-order valence-electron chi connectivity index (χ1n) is 15.5. The van der Waals surface area contributed by atoms with Crippen molar-refractivity contribution in [2.75, 3.05) is 28.9 Å². The minimum Gasteiger partial charge on any atom is -0.460 e. The summed E-state index contributed by atoms with van der Waals surface area (Å²) in [5.74, 6) is -1.75. The lowest BCUT2D eigenvalue weighted by atomic mass is 9.85. The number of hydrogen-bond donors (Lipinski definition) is 0. The molecule has 2 aliphatic rings. The van der Waals surface area contributed by atoms with E-state index in [1.807, 2.05) is 11.8 Å². The molecule has 49 heavy (non-hydrogen) atoms. The number of carbonyl (C=O) groups excluding carboxylic acids is 1. The molecule has 0 radical (unpaired) electrons. The van der Waals surface area contributed by atoms with Crippen molar-refractivity contribution < 1.29 is 53.8 Å². The number of anilines is 2. The third-order valence-corrected chi connectivity index (χ3v) is 10.1. The van der Waals surface area contributed by atoms with Crippen LogP contribution in [0.1, 0.15) is 52.5 Å². The number of carbonyl (C=O) groups is 1. The van der Waals surface area contributed by atoms with E-state index in [4.69, 9.17) is 9.47 Å². The van der Waals surface area contributed by atoms with Gasteiger partial charge in [-0.15, -0.1) is 0 Å². The maximum atomic E-state index is 14.5. The summed E-state index contributed by atoms with van der Waals surface area (Å²) >= 11 is 0. The van der Waals surface area contributed by atoms with Crippen LogP contribution < -0.4 is 13.9 Å². The number of sulfonamides is 1. The molecule has 0 bridgehead atoms. The Morgan fingerprint density at radius 3 is 2.41 bits per heavy atom. The number of esters is 1. The molecule has 2 aliphatic heterocycles. The van der Waals surface area contributed by atoms with Gasteiger partial charge in [0, 0.05) is 12.6 Å². The summed E-state index contributed by atoms with van der Waals surface area (Å²) in [5, 5.41) is 0. The molecule has 0 aliphatic carbocycles. The largest absolute Gasteiger partial charge is 0.460 e. The lowest BCUT2D eigenvalue weighted by Crippen LogP contribution is -2.58. The van der Waals surface area contributed by atoms with Crippen molar-refractivity contribution in [1.29, 1.82) is 0 Å². The highest BCUT2D eigenvalue weighted by Crippen LogP contribution is 2.46. The highest BCUT2D eigenvalue weighted by molar-refractivity contribution is 7.92. The van der Waals surface area contributed by atoms with E-state index in [9.17, 15) is 39.6 Å². The maximum absolute atomic E-state index is 14.5. The molecule has 266 valence electrons. The molecule has 3 aromatic carbocycles. The fraction of sp³-hybridized carbons (Fsp3) is 0.441. The normalized spacial score (nSPS) is 19.8. The van der Waals surface area contributed by atoms with Crippen LogP contribution in [0.15, 0.2) is 65.6 Å². The van der Waals surface area contributed by atoms with E-state index in [-0.39, 0.29) is 36.4 Å². The van der Waals surface area contributed by atoms with Crippen molar-refractivity contribution in [2.24, 2.45) is 0 Å². The number of alkyl halides is 5. The number of hydrogen-bond acceptors (Lipinski definition) is 7. The minimum absolute atomic E-state index is 0.00699. The van der Waals surface area contributed by atoms with Crippen molar-refractivity contribution >= 4 is 27.4 Å². The molecule has 2 atom stereocenters. The summed E-state index contributed by atoms with van der Waals surface area (Å²) in [6.45, 7) is 4.19. The maximum Gasteiger partial charge on any atom is 0.416 e. The molecule has 0 N–H and O–H groups in total. The monoisotopic (exact) mass is 714 g/mol. The molecule has 8 nitrogen and oxygen atoms in total. The third-order valence-electron chi connectivity index (χ3n) is 8.28. The Morgan fingerprint density at radius 2 is 1.73 bits per heavy atom. The number of piperidine rings is 1. The third kappa shape index (κ3) is 8.43. The molecule has 0 unspecified atom stereocenters. The van der Waals surface area contributed by atoms with Gasteiger partial charge in [0.2, 0.25) is 0 Å². The van der Waals surface area contributed by atoms with Crippen molar-refractivity contribution in [3.63, 3.8) is 0 Å². The second-order valence-electron chi connectivity index (χ2n) is 13.3. The van der Waals surface area contributed by atoms with Gasteiger partial charge in [0.1, 0.15) is 17.2 Å². The van der Waals surface area contributed by atoms with E-state index in [2.05, 4.69) is 4.74 Å². The van der Waals surface area contributed by atoms with Crippen LogP contribution in [0, 0.1) is 5.82 Å². The summed E-state index contributed by atoms with van der Waals surface area (Å²) in [6, 6.07) is 10.6. The molecule has 15 heteroatoms. The predicted molar refractivity (Wildman–Crippen MR) is 170 cm³/mol. The zero-order valence-corrected chi connectivity index (χ0v) is 28.0. The van der Waals surface area contributed by atoms with Crippen LogP contribution in [0.3, 0.4) is 0 Å². The smallest absolute Gasteiger partial charge is 0.416 e. The number of fused-ring (bicyclic) bond motifs is 3. The van der Waals surface area contributed by atoms with E-state index in [0.29, 0.717) is 31.1 Å². The highest BCUT2D eigenvalue weighted by Gasteiger charge is 2.45. The van der Waals surface area contributed by atoms with Crippen LogP contribution in [0.4, 0.5) is 37.7 Å². The zero-order chi connectivity index (χ0) is 35.9. The van der Waals surface area contributed by atoms with Crippen LogP contribution in [0.2, 0.25) is 0 Å². The summed E-state index contributed by atoms with van der Waals surface area (Å²) in [7, 11) is -4.62. The Bertz CT molecular complexity index is 1810. The lowest BCUT2D eigenvalue weighted by Gasteiger charge is -2.51. The predicted octanol–water partition coefficient (Wildman–Crippen LogP) is 7.80. The van der Waals surface area contributed by atoms with Crippen LogP contribution >= 0.6 is 0 Å². The summed E-state index contributed by atoms with van der Waals surface area (Å²) in [4.78, 5) is 13.6. The Balaban J connectivity index is 1.52. The second-order valence-corrected chi connectivity index (χ2v) is 15.1. The number of rotatable bonds is 9. The van der Waals surface area contributed by atoms with Gasteiger partial charge in [0.15, 0.2) is 0 Å². The molecule has 2 heterocycles. The van der Waals surface area contributed by atoms with Gasteiger partial charge in [-0.05, 0) is 94.1 Å². The Kier molecular flexibility index (Phi) is 9.92. The van der Waals surface area contributed by atoms with Crippen molar-refractivity contribution in [1.82, 2.24) is 0 Å². The van der Waals surface area contributed by atoms with Gasteiger partial charge in [0.25, 0.3) is 10.0 Å². The molecule has 0 aromatic heterocycles. The van der Waals surface area contributed by atoms with Crippen LogP contribution in [-0.4, -0.2) is 57.9 Å². The number of ether oxygens (including phenoxy) is 3. The number of benzene rings is 3. The first-order chi connectivity index (χ1) is 22.7. The van der Waals surface area contributed by atoms with Crippen LogP contribution in [-0.2, 0) is 30.5 Å². The quantitative estimate of drug-likeness (QED) is 0.165. The fourth-order valence-corrected chi connectivity index (χ4v) is 7.71. The van der Waals surface area contributed by atoms with Crippen molar-refractivity contribution in [3.05, 3.63) is 72.0 Å². The topological polar surface area (TPSA) is 85.4 Å². The van der Waals surface area contributed by atoms with E-state index in [0.717, 1.165) is 34.6 Å². The fourth-order valence-electron chi connectivity index (χ4n) is 6.16. The SMILES string of the molecule is CC(C)(C)OC(=O)CCO[C@]1(C)CCN2c3ccc(-c4cc(F)cc(OC(F)F)c4)cc3N(S(=O)(=O)c3cccc(C(F)(F)F)c3)C[C@@H]2C1. The molecule has 0 spiro atoms. The highest BCUT2D eigenvalue weighted by atomic mass is 32.2. The average molecular weight is 715 g/mol.